The molecule has 0 saturated heterocycles. The van der Waals surface area contributed by atoms with Gasteiger partial charge in [0.15, 0.2) is 0 Å². The van der Waals surface area contributed by atoms with Crippen LogP contribution in [0.3, 0.4) is 0 Å². The van der Waals surface area contributed by atoms with Gasteiger partial charge in [-0.1, -0.05) is 29.8 Å². The normalized spacial score (nSPS) is 11.5. The van der Waals surface area contributed by atoms with Gasteiger partial charge < -0.3 is 0 Å². The van der Waals surface area contributed by atoms with Crippen LogP contribution >= 0.6 is 11.6 Å². The number of hydrogen-bond donors (Lipinski definition) is 0. The van der Waals surface area contributed by atoms with E-state index in [-0.39, 0.29) is 9.92 Å². The van der Waals surface area contributed by atoms with Gasteiger partial charge in [-0.05, 0) is 48.5 Å². The molecule has 10 heteroatoms. The van der Waals surface area contributed by atoms with E-state index in [4.69, 9.17) is 11.6 Å². The summed E-state index contributed by atoms with van der Waals surface area (Å²) < 4.78 is 26.7. The number of anilines is 1. The van der Waals surface area contributed by atoms with E-state index in [2.05, 4.69) is 10.2 Å². The average Bonchev–Trinajstić information content (AvgIpc) is 2.72. The van der Waals surface area contributed by atoms with Gasteiger partial charge in [0.05, 0.1) is 26.9 Å². The van der Waals surface area contributed by atoms with E-state index < -0.39 is 20.6 Å². The lowest BCUT2D eigenvalue weighted by molar-refractivity contribution is -0.384. The lowest BCUT2D eigenvalue weighted by Crippen LogP contribution is -2.26. The number of nitrogens with zero attached hydrogens (tertiary/aromatic N) is 4. The number of nitro groups is 1. The summed E-state index contributed by atoms with van der Waals surface area (Å²) >= 11 is 5.76. The van der Waals surface area contributed by atoms with Crippen LogP contribution in [-0.2, 0) is 10.0 Å². The molecule has 0 bridgehead atoms. The van der Waals surface area contributed by atoms with Crippen LogP contribution in [0.1, 0.15) is 0 Å². The van der Waals surface area contributed by atoms with Crippen molar-refractivity contribution in [3.05, 3.63) is 87.9 Å². The van der Waals surface area contributed by atoms with Crippen LogP contribution in [0.4, 0.5) is 22.7 Å². The molecule has 148 valence electrons. The Hall–Kier alpha value is -3.30. The van der Waals surface area contributed by atoms with Crippen molar-refractivity contribution in [1.29, 1.82) is 0 Å². The van der Waals surface area contributed by atoms with Crippen LogP contribution in [0.2, 0.25) is 5.02 Å². The van der Waals surface area contributed by atoms with Crippen LogP contribution in [0.25, 0.3) is 0 Å². The van der Waals surface area contributed by atoms with E-state index >= 15 is 0 Å². The highest BCUT2D eigenvalue weighted by atomic mass is 35.5. The van der Waals surface area contributed by atoms with Crippen molar-refractivity contribution >= 4 is 44.4 Å². The highest BCUT2D eigenvalue weighted by Gasteiger charge is 2.25. The highest BCUT2D eigenvalue weighted by Crippen LogP contribution is 2.30. The third kappa shape index (κ3) is 4.58. The zero-order chi connectivity index (χ0) is 21.0. The van der Waals surface area contributed by atoms with E-state index in [1.165, 1.54) is 19.2 Å². The molecule has 0 atom stereocenters. The van der Waals surface area contributed by atoms with Crippen molar-refractivity contribution < 1.29 is 13.3 Å². The molecule has 0 N–H and O–H groups in total. The van der Waals surface area contributed by atoms with Gasteiger partial charge in [-0.15, -0.1) is 0 Å². The highest BCUT2D eigenvalue weighted by molar-refractivity contribution is 7.92. The van der Waals surface area contributed by atoms with Gasteiger partial charge in [0, 0.05) is 13.1 Å². The average molecular weight is 431 g/mol. The summed E-state index contributed by atoms with van der Waals surface area (Å²) in [6, 6.07) is 18.9. The first-order chi connectivity index (χ1) is 13.8. The number of azo groups is 1. The summed E-state index contributed by atoms with van der Waals surface area (Å²) in [6.45, 7) is 0. The van der Waals surface area contributed by atoms with Gasteiger partial charge >= 0.3 is 0 Å². The molecule has 3 rings (SSSR count). The first-order valence-electron chi connectivity index (χ1n) is 8.29. The predicted molar refractivity (Wildman–Crippen MR) is 111 cm³/mol. The van der Waals surface area contributed by atoms with Gasteiger partial charge in [-0.2, -0.15) is 10.2 Å². The lowest BCUT2D eigenvalue weighted by atomic mass is 10.3. The summed E-state index contributed by atoms with van der Waals surface area (Å²) in [4.78, 5) is 10.1. The maximum Gasteiger partial charge on any atom is 0.289 e. The van der Waals surface area contributed by atoms with Crippen LogP contribution < -0.4 is 4.31 Å². The van der Waals surface area contributed by atoms with Gasteiger partial charge in [0.25, 0.3) is 15.7 Å². The minimum atomic E-state index is -4.02. The largest absolute Gasteiger partial charge is 0.289 e. The second-order valence-electron chi connectivity index (χ2n) is 5.89. The monoisotopic (exact) mass is 430 g/mol. The number of hydrogen-bond acceptors (Lipinski definition) is 6. The Kier molecular flexibility index (Phi) is 5.90. The van der Waals surface area contributed by atoms with Crippen LogP contribution in [0.5, 0.6) is 0 Å². The maximum atomic E-state index is 12.8. The first kappa shape index (κ1) is 20.4. The fraction of sp³-hybridized carbons (Fsp3) is 0.0526. The molecule has 0 aliphatic heterocycles. The van der Waals surface area contributed by atoms with Crippen molar-refractivity contribution in [3.8, 4) is 0 Å². The first-order valence-corrected chi connectivity index (χ1v) is 10.1. The van der Waals surface area contributed by atoms with Crippen LogP contribution in [0, 0.1) is 10.1 Å². The van der Waals surface area contributed by atoms with Crippen molar-refractivity contribution in [3.63, 3.8) is 0 Å². The summed E-state index contributed by atoms with van der Waals surface area (Å²) in [5, 5.41) is 19.1. The lowest BCUT2D eigenvalue weighted by Gasteiger charge is -2.19. The molecule has 0 unspecified atom stereocenters. The number of benzene rings is 3. The fourth-order valence-corrected chi connectivity index (χ4v) is 3.83. The zero-order valence-corrected chi connectivity index (χ0v) is 16.7. The Morgan fingerprint density at radius 3 is 2.10 bits per heavy atom. The van der Waals surface area contributed by atoms with Crippen LogP contribution in [-0.4, -0.2) is 20.4 Å². The van der Waals surface area contributed by atoms with Gasteiger partial charge in [-0.25, -0.2) is 8.42 Å². The third-order valence-electron chi connectivity index (χ3n) is 4.02. The second-order valence-corrected chi connectivity index (χ2v) is 8.27. The molecule has 0 amide bonds. The van der Waals surface area contributed by atoms with Crippen molar-refractivity contribution in [2.75, 3.05) is 11.4 Å². The second kappa shape index (κ2) is 8.38. The quantitative estimate of drug-likeness (QED) is 0.293. The molecule has 29 heavy (non-hydrogen) atoms. The third-order valence-corrected chi connectivity index (χ3v) is 6.12. The van der Waals surface area contributed by atoms with Crippen molar-refractivity contribution in [1.82, 2.24) is 0 Å². The zero-order valence-electron chi connectivity index (χ0n) is 15.1. The van der Waals surface area contributed by atoms with Crippen LogP contribution in [0.15, 0.2) is 87.9 Å². The number of rotatable bonds is 6. The summed E-state index contributed by atoms with van der Waals surface area (Å²) in [5.41, 5.74) is 1.13. The molecule has 8 nitrogen and oxygen atoms in total. The van der Waals surface area contributed by atoms with Gasteiger partial charge in [-0.3, -0.25) is 14.4 Å². The Morgan fingerprint density at radius 1 is 0.931 bits per heavy atom. The Morgan fingerprint density at radius 2 is 1.52 bits per heavy atom. The Bertz CT molecular complexity index is 1170. The number of sulfonamides is 1. The molecule has 0 aliphatic carbocycles. The molecule has 0 radical (unpaired) electrons. The minimum absolute atomic E-state index is 0.135. The molecule has 0 heterocycles. The molecular formula is C19H15ClN4O4S. The number of nitro benzene ring substituents is 1. The molecule has 0 spiro atoms. The van der Waals surface area contributed by atoms with Crippen molar-refractivity contribution in [2.45, 2.75) is 4.90 Å². The smallest absolute Gasteiger partial charge is 0.269 e. The van der Waals surface area contributed by atoms with E-state index in [1.54, 1.807) is 24.3 Å². The summed E-state index contributed by atoms with van der Waals surface area (Å²) in [5.74, 6) is 0. The molecular weight excluding hydrogens is 416 g/mol. The van der Waals surface area contributed by atoms with E-state index in [9.17, 15) is 18.5 Å². The molecule has 0 fully saturated rings. The SMILES string of the molecule is CN(c1ccc(N=Nc2ccccc2)cc1)S(=O)(=O)c1ccc(Cl)c([N+](=O)[O-])c1. The van der Waals surface area contributed by atoms with Gasteiger partial charge in [0.2, 0.25) is 0 Å². The summed E-state index contributed by atoms with van der Waals surface area (Å²) in [6.07, 6.45) is 0. The molecule has 0 aliphatic rings. The molecule has 0 saturated carbocycles. The van der Waals surface area contributed by atoms with E-state index in [0.29, 0.717) is 17.1 Å². The molecule has 3 aromatic carbocycles. The van der Waals surface area contributed by atoms with Crippen molar-refractivity contribution in [2.24, 2.45) is 10.2 Å². The minimum Gasteiger partial charge on any atom is -0.269 e. The molecule has 3 aromatic rings. The summed E-state index contributed by atoms with van der Waals surface area (Å²) in [7, 11) is -2.66. The van der Waals surface area contributed by atoms with E-state index in [1.807, 2.05) is 30.3 Å². The Balaban J connectivity index is 1.84. The predicted octanol–water partition coefficient (Wildman–Crippen LogP) is 5.49. The molecule has 0 aromatic heterocycles. The number of halogens is 1. The fourth-order valence-electron chi connectivity index (χ4n) is 2.43. The Labute approximate surface area is 172 Å². The topological polar surface area (TPSA) is 105 Å². The standard InChI is InChI=1S/C19H15ClN4O4S/c1-23(29(27,28)17-11-12-18(20)19(13-17)24(25)26)16-9-7-15(8-10-16)22-21-14-5-3-2-4-6-14/h2-13H,1H3. The maximum absolute atomic E-state index is 12.8. The van der Waals surface area contributed by atoms with E-state index in [0.717, 1.165) is 10.4 Å². The van der Waals surface area contributed by atoms with Gasteiger partial charge in [0.1, 0.15) is 5.02 Å².